The van der Waals surface area contributed by atoms with Gasteiger partial charge in [-0.2, -0.15) is 0 Å². The van der Waals surface area contributed by atoms with Crippen molar-refractivity contribution in [1.82, 2.24) is 0 Å². The van der Waals surface area contributed by atoms with E-state index in [2.05, 4.69) is 5.32 Å². The van der Waals surface area contributed by atoms with Crippen molar-refractivity contribution >= 4 is 46.5 Å². The van der Waals surface area contributed by atoms with Gasteiger partial charge in [-0.1, -0.05) is 48.0 Å². The molecule has 34 heavy (non-hydrogen) atoms. The number of hydrogen-bond donors (Lipinski definition) is 1. The van der Waals surface area contributed by atoms with Crippen molar-refractivity contribution < 1.29 is 19.1 Å². The minimum Gasteiger partial charge on any atom is -0.495 e. The number of thioether (sulfide) groups is 1. The van der Waals surface area contributed by atoms with E-state index >= 15 is 0 Å². The minimum atomic E-state index is -1.24. The number of methoxy groups -OCH3 is 1. The molecule has 1 N–H and O–H groups in total. The molecule has 0 radical (unpaired) electrons. The first-order valence-corrected chi connectivity index (χ1v) is 11.8. The Labute approximate surface area is 201 Å². The van der Waals surface area contributed by atoms with Gasteiger partial charge < -0.3 is 10.1 Å². The quantitative estimate of drug-likeness (QED) is 0.608. The van der Waals surface area contributed by atoms with Crippen LogP contribution in [0.5, 0.6) is 5.75 Å². The summed E-state index contributed by atoms with van der Waals surface area (Å²) < 4.78 is 5.31. The molecular formula is C26H23N3O4S. The fraction of sp³-hybridized carbons (Fsp3) is 0.192. The molecule has 3 amide bonds. The number of benzene rings is 3. The van der Waals surface area contributed by atoms with Gasteiger partial charge >= 0.3 is 0 Å². The number of anilines is 3. The van der Waals surface area contributed by atoms with Gasteiger partial charge in [0.15, 0.2) is 0 Å². The number of para-hydroxylation sites is 3. The van der Waals surface area contributed by atoms with Crippen molar-refractivity contribution in [3.8, 4) is 5.75 Å². The van der Waals surface area contributed by atoms with Gasteiger partial charge in [-0.15, -0.1) is 11.8 Å². The summed E-state index contributed by atoms with van der Waals surface area (Å²) in [4.78, 5) is 41.9. The molecule has 0 unspecified atom stereocenters. The van der Waals surface area contributed by atoms with Crippen molar-refractivity contribution in [2.45, 2.75) is 11.8 Å². The van der Waals surface area contributed by atoms with Crippen molar-refractivity contribution in [3.63, 3.8) is 0 Å². The zero-order valence-electron chi connectivity index (χ0n) is 18.8. The summed E-state index contributed by atoms with van der Waals surface area (Å²) in [5, 5.41) is 2.83. The number of nitrogens with zero attached hydrogens (tertiary/aromatic N) is 2. The Morgan fingerprint density at radius 3 is 2.50 bits per heavy atom. The third-order valence-electron chi connectivity index (χ3n) is 6.04. The van der Waals surface area contributed by atoms with Gasteiger partial charge in [-0.3, -0.25) is 24.2 Å². The highest BCUT2D eigenvalue weighted by atomic mass is 32.2. The normalized spacial score (nSPS) is 19.0. The lowest BCUT2D eigenvalue weighted by molar-refractivity contribution is -0.124. The highest BCUT2D eigenvalue weighted by molar-refractivity contribution is 8.02. The van der Waals surface area contributed by atoms with Gasteiger partial charge in [-0.25, -0.2) is 0 Å². The molecule has 5 rings (SSSR count). The number of ether oxygens (including phenoxy) is 1. The number of nitrogens with one attached hydrogen (secondary N) is 1. The second-order valence-corrected chi connectivity index (χ2v) is 9.32. The number of carbonyl (C=O) groups excluding carboxylic acids is 3. The van der Waals surface area contributed by atoms with Gasteiger partial charge in [-0.05, 0) is 37.3 Å². The Hall–Kier alpha value is -3.78. The van der Waals surface area contributed by atoms with E-state index in [1.165, 1.54) is 23.8 Å². The lowest BCUT2D eigenvalue weighted by Gasteiger charge is -2.33. The fourth-order valence-corrected chi connectivity index (χ4v) is 5.85. The highest BCUT2D eigenvalue weighted by Gasteiger charge is 2.61. The largest absolute Gasteiger partial charge is 0.495 e. The lowest BCUT2D eigenvalue weighted by Crippen LogP contribution is -2.50. The van der Waals surface area contributed by atoms with Gasteiger partial charge in [0, 0.05) is 11.3 Å². The van der Waals surface area contributed by atoms with Gasteiger partial charge in [0.05, 0.1) is 24.2 Å². The smallest absolute Gasteiger partial charge is 0.269 e. The number of aryl methyl sites for hydroxylation is 1. The van der Waals surface area contributed by atoms with Crippen LogP contribution in [0.1, 0.15) is 11.1 Å². The highest BCUT2D eigenvalue weighted by Crippen LogP contribution is 2.55. The molecule has 1 fully saturated rings. The molecule has 7 nitrogen and oxygen atoms in total. The van der Waals surface area contributed by atoms with Crippen LogP contribution in [0.3, 0.4) is 0 Å². The first kappa shape index (κ1) is 22.0. The molecule has 172 valence electrons. The number of carbonyl (C=O) groups is 3. The van der Waals surface area contributed by atoms with Gasteiger partial charge in [0.25, 0.3) is 5.91 Å². The zero-order chi connectivity index (χ0) is 23.9. The van der Waals surface area contributed by atoms with Crippen LogP contribution in [-0.4, -0.2) is 37.1 Å². The van der Waals surface area contributed by atoms with E-state index in [9.17, 15) is 14.4 Å². The molecular weight excluding hydrogens is 450 g/mol. The van der Waals surface area contributed by atoms with Crippen molar-refractivity contribution in [2.75, 3.05) is 34.5 Å². The van der Waals surface area contributed by atoms with Crippen LogP contribution in [0.25, 0.3) is 0 Å². The number of rotatable bonds is 5. The second kappa shape index (κ2) is 8.53. The predicted octanol–water partition coefficient (Wildman–Crippen LogP) is 3.92. The molecule has 3 aromatic rings. The maximum absolute atomic E-state index is 14.0. The predicted molar refractivity (Wildman–Crippen MR) is 133 cm³/mol. The van der Waals surface area contributed by atoms with E-state index < -0.39 is 4.87 Å². The van der Waals surface area contributed by atoms with Crippen LogP contribution in [0.2, 0.25) is 0 Å². The Bertz CT molecular complexity index is 1290. The summed E-state index contributed by atoms with van der Waals surface area (Å²) >= 11 is 1.29. The maximum atomic E-state index is 14.0. The van der Waals surface area contributed by atoms with Crippen LogP contribution in [0.4, 0.5) is 17.1 Å². The van der Waals surface area contributed by atoms with E-state index in [1.54, 1.807) is 23.1 Å². The van der Waals surface area contributed by atoms with E-state index in [0.29, 0.717) is 28.4 Å². The zero-order valence-corrected chi connectivity index (χ0v) is 19.6. The average Bonchev–Trinajstić information content (AvgIpc) is 3.31. The first-order chi connectivity index (χ1) is 16.5. The topological polar surface area (TPSA) is 79.0 Å². The molecule has 2 aliphatic heterocycles. The molecule has 2 heterocycles. The number of hydrogen-bond acceptors (Lipinski definition) is 5. The molecule has 2 aliphatic rings. The lowest BCUT2D eigenvalue weighted by atomic mass is 10.0. The van der Waals surface area contributed by atoms with Crippen LogP contribution in [-0.2, 0) is 19.3 Å². The summed E-state index contributed by atoms with van der Waals surface area (Å²) in [6.45, 7) is 1.78. The van der Waals surface area contributed by atoms with E-state index in [-0.39, 0.29) is 30.0 Å². The molecule has 0 bridgehead atoms. The molecule has 1 saturated heterocycles. The third kappa shape index (κ3) is 3.42. The summed E-state index contributed by atoms with van der Waals surface area (Å²) in [5.41, 5.74) is 3.58. The SMILES string of the molecule is COc1ccccc1NC(=O)CN1C(=O)[C@]2(SCC(=O)N2c2ccc(C)cc2)c2ccccc21. The van der Waals surface area contributed by atoms with Crippen molar-refractivity contribution in [2.24, 2.45) is 0 Å². The van der Waals surface area contributed by atoms with Crippen LogP contribution >= 0.6 is 11.8 Å². The monoisotopic (exact) mass is 473 g/mol. The van der Waals surface area contributed by atoms with E-state index in [1.807, 2.05) is 61.5 Å². The standard InChI is InChI=1S/C26H23N3O4S/c1-17-11-13-18(14-12-17)29-24(31)16-34-26(29)19-7-3-5-9-21(19)28(25(26)32)15-23(30)27-20-8-4-6-10-22(20)33-2/h3-14H,15-16H2,1-2H3,(H,27,30)/t26-/m1/s1. The van der Waals surface area contributed by atoms with Crippen molar-refractivity contribution in [1.29, 1.82) is 0 Å². The van der Waals surface area contributed by atoms with Crippen molar-refractivity contribution in [3.05, 3.63) is 83.9 Å². The molecule has 0 aliphatic carbocycles. The van der Waals surface area contributed by atoms with E-state index in [0.717, 1.165) is 5.56 Å². The Balaban J connectivity index is 1.51. The molecule has 0 saturated carbocycles. The molecule has 1 spiro atoms. The molecule has 3 aromatic carbocycles. The van der Waals surface area contributed by atoms with Gasteiger partial charge in [0.1, 0.15) is 12.3 Å². The first-order valence-electron chi connectivity index (χ1n) is 10.8. The Morgan fingerprint density at radius 1 is 1.03 bits per heavy atom. The summed E-state index contributed by atoms with van der Waals surface area (Å²) in [6, 6.07) is 22.0. The summed E-state index contributed by atoms with van der Waals surface area (Å²) in [6.07, 6.45) is 0. The Kier molecular flexibility index (Phi) is 5.53. The second-order valence-electron chi connectivity index (χ2n) is 8.15. The third-order valence-corrected chi connectivity index (χ3v) is 7.42. The summed E-state index contributed by atoms with van der Waals surface area (Å²) in [5.74, 6) is -0.101. The number of fused-ring (bicyclic) bond motifs is 2. The van der Waals surface area contributed by atoms with Gasteiger partial charge in [0.2, 0.25) is 16.7 Å². The van der Waals surface area contributed by atoms with Crippen LogP contribution in [0, 0.1) is 6.92 Å². The molecule has 0 aromatic heterocycles. The maximum Gasteiger partial charge on any atom is 0.269 e. The minimum absolute atomic E-state index is 0.141. The van der Waals surface area contributed by atoms with Crippen LogP contribution < -0.4 is 19.9 Å². The molecule has 1 atom stereocenters. The van der Waals surface area contributed by atoms with E-state index in [4.69, 9.17) is 4.74 Å². The fourth-order valence-electron chi connectivity index (χ4n) is 4.49. The van der Waals surface area contributed by atoms with Crippen LogP contribution in [0.15, 0.2) is 72.8 Å². The summed E-state index contributed by atoms with van der Waals surface area (Å²) in [7, 11) is 1.53. The molecule has 8 heteroatoms. The number of amides is 3. The average molecular weight is 474 g/mol. The Morgan fingerprint density at radius 2 is 1.74 bits per heavy atom.